The second-order valence-corrected chi connectivity index (χ2v) is 7.29. The third kappa shape index (κ3) is 3.89. The van der Waals surface area contributed by atoms with Crippen molar-refractivity contribution in [3.8, 4) is 0 Å². The SMILES string of the molecule is Cc1ccccc1N1C[C@@H](C)N(C(=O)CN2CCCCCC2=O)CC1=O. The van der Waals surface area contributed by atoms with Gasteiger partial charge in [-0.1, -0.05) is 24.6 Å². The van der Waals surface area contributed by atoms with Crippen molar-refractivity contribution in [1.82, 2.24) is 9.80 Å². The van der Waals surface area contributed by atoms with E-state index in [2.05, 4.69) is 0 Å². The smallest absolute Gasteiger partial charge is 0.246 e. The van der Waals surface area contributed by atoms with Crippen molar-refractivity contribution < 1.29 is 14.4 Å². The zero-order valence-electron chi connectivity index (χ0n) is 15.6. The number of amides is 3. The van der Waals surface area contributed by atoms with Crippen LogP contribution in [0.3, 0.4) is 0 Å². The fourth-order valence-corrected chi connectivity index (χ4v) is 3.74. The number of likely N-dealkylation sites (tertiary alicyclic amines) is 1. The lowest BCUT2D eigenvalue weighted by Gasteiger charge is -2.40. The zero-order chi connectivity index (χ0) is 18.7. The van der Waals surface area contributed by atoms with Gasteiger partial charge < -0.3 is 14.7 Å². The Morgan fingerprint density at radius 2 is 1.88 bits per heavy atom. The Kier molecular flexibility index (Phi) is 5.59. The normalized spacial score (nSPS) is 21.8. The number of aryl methyl sites for hydroxylation is 1. The molecule has 2 heterocycles. The summed E-state index contributed by atoms with van der Waals surface area (Å²) in [4.78, 5) is 42.6. The van der Waals surface area contributed by atoms with Gasteiger partial charge >= 0.3 is 0 Å². The molecule has 0 saturated carbocycles. The monoisotopic (exact) mass is 357 g/mol. The molecule has 0 N–H and O–H groups in total. The molecule has 2 fully saturated rings. The highest BCUT2D eigenvalue weighted by atomic mass is 16.2. The average molecular weight is 357 g/mol. The second-order valence-electron chi connectivity index (χ2n) is 7.29. The third-order valence-corrected chi connectivity index (χ3v) is 5.31. The molecule has 2 saturated heterocycles. The summed E-state index contributed by atoms with van der Waals surface area (Å²) in [5.74, 6) is -0.160. The predicted octanol–water partition coefficient (Wildman–Crippen LogP) is 1.96. The molecule has 3 amide bonds. The van der Waals surface area contributed by atoms with Gasteiger partial charge in [0.05, 0.1) is 6.54 Å². The molecule has 2 aliphatic heterocycles. The Labute approximate surface area is 154 Å². The van der Waals surface area contributed by atoms with E-state index in [0.29, 0.717) is 19.5 Å². The highest BCUT2D eigenvalue weighted by Gasteiger charge is 2.34. The van der Waals surface area contributed by atoms with E-state index in [1.165, 1.54) is 0 Å². The van der Waals surface area contributed by atoms with Crippen LogP contribution in [0, 0.1) is 6.92 Å². The zero-order valence-corrected chi connectivity index (χ0v) is 15.6. The van der Waals surface area contributed by atoms with Crippen LogP contribution in [0.2, 0.25) is 0 Å². The van der Waals surface area contributed by atoms with Crippen LogP contribution >= 0.6 is 0 Å². The minimum Gasteiger partial charge on any atom is -0.333 e. The molecule has 0 aliphatic carbocycles. The number of benzene rings is 1. The summed E-state index contributed by atoms with van der Waals surface area (Å²) >= 11 is 0. The molecule has 140 valence electrons. The first-order valence-electron chi connectivity index (χ1n) is 9.40. The molecule has 0 bridgehead atoms. The molecule has 1 aromatic carbocycles. The highest BCUT2D eigenvalue weighted by Crippen LogP contribution is 2.24. The maximum atomic E-state index is 12.8. The van der Waals surface area contributed by atoms with E-state index < -0.39 is 0 Å². The van der Waals surface area contributed by atoms with Crippen molar-refractivity contribution in [3.63, 3.8) is 0 Å². The van der Waals surface area contributed by atoms with Crippen LogP contribution in [-0.2, 0) is 14.4 Å². The molecule has 0 aromatic heterocycles. The number of piperazine rings is 1. The van der Waals surface area contributed by atoms with Gasteiger partial charge in [0.1, 0.15) is 6.54 Å². The van der Waals surface area contributed by atoms with Gasteiger partial charge in [0.15, 0.2) is 0 Å². The molecule has 0 spiro atoms. The molecule has 0 unspecified atom stereocenters. The molecular formula is C20H27N3O3. The molecule has 6 heteroatoms. The summed E-state index contributed by atoms with van der Waals surface area (Å²) < 4.78 is 0. The number of para-hydroxylation sites is 1. The standard InChI is InChI=1S/C20H27N3O3/c1-15-8-5-6-9-17(15)23-12-16(2)22(14-20(23)26)19(25)13-21-11-7-3-4-10-18(21)24/h5-6,8-9,16H,3-4,7,10-14H2,1-2H3/t16-/m1/s1. The molecule has 2 aliphatic rings. The van der Waals surface area contributed by atoms with Gasteiger partial charge in [-0.2, -0.15) is 0 Å². The number of anilines is 1. The Balaban J connectivity index is 1.67. The maximum Gasteiger partial charge on any atom is 0.246 e. The Bertz CT molecular complexity index is 703. The van der Waals surface area contributed by atoms with Crippen LogP contribution in [0.5, 0.6) is 0 Å². The van der Waals surface area contributed by atoms with Crippen LogP contribution in [0.15, 0.2) is 24.3 Å². The van der Waals surface area contributed by atoms with E-state index in [9.17, 15) is 14.4 Å². The van der Waals surface area contributed by atoms with Gasteiger partial charge in [-0.15, -0.1) is 0 Å². The van der Waals surface area contributed by atoms with E-state index >= 15 is 0 Å². The lowest BCUT2D eigenvalue weighted by molar-refractivity contribution is -0.144. The third-order valence-electron chi connectivity index (χ3n) is 5.31. The van der Waals surface area contributed by atoms with Crippen molar-refractivity contribution in [2.24, 2.45) is 0 Å². The van der Waals surface area contributed by atoms with E-state index in [0.717, 1.165) is 30.5 Å². The van der Waals surface area contributed by atoms with Crippen LogP contribution < -0.4 is 4.90 Å². The van der Waals surface area contributed by atoms with Gasteiger partial charge in [-0.3, -0.25) is 14.4 Å². The van der Waals surface area contributed by atoms with E-state index in [4.69, 9.17) is 0 Å². The van der Waals surface area contributed by atoms with Crippen molar-refractivity contribution >= 4 is 23.4 Å². The first-order valence-corrected chi connectivity index (χ1v) is 9.40. The highest BCUT2D eigenvalue weighted by molar-refractivity contribution is 5.99. The van der Waals surface area contributed by atoms with Crippen LogP contribution in [-0.4, -0.2) is 59.7 Å². The van der Waals surface area contributed by atoms with Crippen molar-refractivity contribution in [3.05, 3.63) is 29.8 Å². The minimum absolute atomic E-state index is 0.0494. The molecule has 0 radical (unpaired) electrons. The molecule has 3 rings (SSSR count). The Hall–Kier alpha value is -2.37. The molecule has 1 aromatic rings. The van der Waals surface area contributed by atoms with Gasteiger partial charge in [0.2, 0.25) is 17.7 Å². The van der Waals surface area contributed by atoms with Crippen molar-refractivity contribution in [2.75, 3.05) is 31.1 Å². The first-order chi connectivity index (χ1) is 12.5. The second kappa shape index (κ2) is 7.89. The number of nitrogens with zero attached hydrogens (tertiary/aromatic N) is 3. The number of rotatable bonds is 3. The summed E-state index contributed by atoms with van der Waals surface area (Å²) in [6, 6.07) is 7.71. The lowest BCUT2D eigenvalue weighted by Crippen LogP contribution is -2.59. The van der Waals surface area contributed by atoms with Gasteiger partial charge in [0.25, 0.3) is 0 Å². The lowest BCUT2D eigenvalue weighted by atomic mass is 10.1. The van der Waals surface area contributed by atoms with Crippen molar-refractivity contribution in [2.45, 2.75) is 45.6 Å². The predicted molar refractivity (Wildman–Crippen MR) is 99.8 cm³/mol. The Morgan fingerprint density at radius 1 is 1.12 bits per heavy atom. The summed E-state index contributed by atoms with van der Waals surface area (Å²) in [7, 11) is 0. The summed E-state index contributed by atoms with van der Waals surface area (Å²) in [5, 5.41) is 0. The minimum atomic E-state index is -0.134. The van der Waals surface area contributed by atoms with Crippen molar-refractivity contribution in [1.29, 1.82) is 0 Å². The number of carbonyl (C=O) groups is 3. The fourth-order valence-electron chi connectivity index (χ4n) is 3.74. The summed E-state index contributed by atoms with van der Waals surface area (Å²) in [5.41, 5.74) is 1.95. The largest absolute Gasteiger partial charge is 0.333 e. The van der Waals surface area contributed by atoms with E-state index in [-0.39, 0.29) is 36.9 Å². The first kappa shape index (κ1) is 18.4. The topological polar surface area (TPSA) is 60.9 Å². The fraction of sp³-hybridized carbons (Fsp3) is 0.550. The maximum absolute atomic E-state index is 12.8. The molecule has 26 heavy (non-hydrogen) atoms. The Morgan fingerprint density at radius 3 is 2.65 bits per heavy atom. The summed E-state index contributed by atoms with van der Waals surface area (Å²) in [6.07, 6.45) is 3.38. The average Bonchev–Trinajstić information content (AvgIpc) is 2.82. The van der Waals surface area contributed by atoms with Gasteiger partial charge in [-0.05, 0) is 38.3 Å². The van der Waals surface area contributed by atoms with Crippen LogP contribution in [0.25, 0.3) is 0 Å². The molecular weight excluding hydrogens is 330 g/mol. The van der Waals surface area contributed by atoms with Gasteiger partial charge in [-0.25, -0.2) is 0 Å². The number of hydrogen-bond acceptors (Lipinski definition) is 3. The van der Waals surface area contributed by atoms with Gasteiger partial charge in [0, 0.05) is 31.2 Å². The number of hydrogen-bond donors (Lipinski definition) is 0. The van der Waals surface area contributed by atoms with Crippen LogP contribution in [0.4, 0.5) is 5.69 Å². The summed E-state index contributed by atoms with van der Waals surface area (Å²) in [6.45, 7) is 5.20. The van der Waals surface area contributed by atoms with Crippen LogP contribution in [0.1, 0.15) is 38.2 Å². The molecule has 6 nitrogen and oxygen atoms in total. The van der Waals surface area contributed by atoms with E-state index in [1.54, 1.807) is 14.7 Å². The van der Waals surface area contributed by atoms with E-state index in [1.807, 2.05) is 38.1 Å². The quantitative estimate of drug-likeness (QED) is 0.831. The number of carbonyl (C=O) groups excluding carboxylic acids is 3. The molecule has 1 atom stereocenters.